The fourth-order valence-corrected chi connectivity index (χ4v) is 2.69. The summed E-state index contributed by atoms with van der Waals surface area (Å²) in [5.74, 6) is 0.575. The van der Waals surface area contributed by atoms with Crippen LogP contribution in [0.2, 0.25) is 10.0 Å². The fourth-order valence-electron chi connectivity index (χ4n) is 2.08. The number of hydrazone groups is 1. The lowest BCUT2D eigenvalue weighted by molar-refractivity contribution is -0.120. The highest BCUT2D eigenvalue weighted by molar-refractivity contribution is 6.37. The molecule has 138 valence electrons. The number of benzene rings is 2. The van der Waals surface area contributed by atoms with Crippen molar-refractivity contribution < 1.29 is 9.53 Å². The van der Waals surface area contributed by atoms with Crippen LogP contribution in [0.1, 0.15) is 25.0 Å². The standard InChI is InChI=1S/C19H21Cl2N3O2/c1-12(2)11-26-19-16(20)7-14(8-17(19)21)10-23-24-18(25)9-13-3-5-15(22)6-4-13/h3-8,10,12H,9,11,22H2,1-2H3,(H,24,25)/b23-10-. The zero-order chi connectivity index (χ0) is 19.1. The number of hydrogen-bond acceptors (Lipinski definition) is 4. The number of carbonyl (C=O) groups is 1. The van der Waals surface area contributed by atoms with Crippen LogP contribution in [-0.2, 0) is 11.2 Å². The van der Waals surface area contributed by atoms with Gasteiger partial charge in [-0.15, -0.1) is 0 Å². The van der Waals surface area contributed by atoms with Crippen LogP contribution in [0.5, 0.6) is 5.75 Å². The minimum atomic E-state index is -0.236. The first-order valence-corrected chi connectivity index (χ1v) is 8.89. The molecule has 0 heterocycles. The maximum atomic E-state index is 11.9. The molecule has 0 fully saturated rings. The van der Waals surface area contributed by atoms with Gasteiger partial charge in [-0.05, 0) is 41.3 Å². The van der Waals surface area contributed by atoms with Gasteiger partial charge in [0, 0.05) is 5.69 Å². The van der Waals surface area contributed by atoms with E-state index in [2.05, 4.69) is 10.5 Å². The zero-order valence-electron chi connectivity index (χ0n) is 14.6. The van der Waals surface area contributed by atoms with E-state index in [1.807, 2.05) is 13.8 Å². The number of anilines is 1. The largest absolute Gasteiger partial charge is 0.490 e. The maximum Gasteiger partial charge on any atom is 0.244 e. The molecule has 0 saturated carbocycles. The van der Waals surface area contributed by atoms with Gasteiger partial charge in [0.05, 0.1) is 29.3 Å². The predicted octanol–water partition coefficient (Wildman–Crippen LogP) is 4.30. The second-order valence-electron chi connectivity index (χ2n) is 6.23. The van der Waals surface area contributed by atoms with Crippen LogP contribution in [-0.4, -0.2) is 18.7 Å². The van der Waals surface area contributed by atoms with Crippen LogP contribution in [0, 0.1) is 5.92 Å². The number of nitrogen functional groups attached to an aromatic ring is 1. The van der Waals surface area contributed by atoms with E-state index in [1.54, 1.807) is 36.4 Å². The van der Waals surface area contributed by atoms with Gasteiger partial charge in [-0.2, -0.15) is 5.10 Å². The summed E-state index contributed by atoms with van der Waals surface area (Å²) in [7, 11) is 0. The van der Waals surface area contributed by atoms with E-state index in [9.17, 15) is 4.79 Å². The molecule has 5 nitrogen and oxygen atoms in total. The molecule has 0 aromatic heterocycles. The van der Waals surface area contributed by atoms with Crippen molar-refractivity contribution in [1.82, 2.24) is 5.43 Å². The van der Waals surface area contributed by atoms with Gasteiger partial charge in [0.15, 0.2) is 5.75 Å². The number of rotatable bonds is 7. The molecule has 0 bridgehead atoms. The Morgan fingerprint density at radius 2 is 1.85 bits per heavy atom. The van der Waals surface area contributed by atoms with Crippen molar-refractivity contribution in [2.75, 3.05) is 12.3 Å². The molecule has 0 spiro atoms. The first-order valence-electron chi connectivity index (χ1n) is 8.13. The quantitative estimate of drug-likeness (QED) is 0.418. The van der Waals surface area contributed by atoms with Crippen molar-refractivity contribution in [2.45, 2.75) is 20.3 Å². The Morgan fingerprint density at radius 1 is 1.23 bits per heavy atom. The van der Waals surface area contributed by atoms with Crippen molar-refractivity contribution in [3.8, 4) is 5.75 Å². The summed E-state index contributed by atoms with van der Waals surface area (Å²) in [6.07, 6.45) is 1.69. The zero-order valence-corrected chi connectivity index (χ0v) is 16.1. The highest BCUT2D eigenvalue weighted by Crippen LogP contribution is 2.34. The molecule has 2 rings (SSSR count). The SMILES string of the molecule is CC(C)COc1c(Cl)cc(/C=N\NC(=O)Cc2ccc(N)cc2)cc1Cl. The van der Waals surface area contributed by atoms with E-state index in [-0.39, 0.29) is 12.3 Å². The van der Waals surface area contributed by atoms with Crippen LogP contribution < -0.4 is 15.9 Å². The summed E-state index contributed by atoms with van der Waals surface area (Å²) in [4.78, 5) is 11.9. The van der Waals surface area contributed by atoms with Crippen molar-refractivity contribution in [3.05, 3.63) is 57.6 Å². The number of nitrogens with one attached hydrogen (secondary N) is 1. The molecule has 0 radical (unpaired) electrons. The predicted molar refractivity (Wildman–Crippen MR) is 107 cm³/mol. The number of ether oxygens (including phenoxy) is 1. The molecule has 0 aliphatic carbocycles. The molecule has 7 heteroatoms. The molecule has 0 saturated heterocycles. The first-order chi connectivity index (χ1) is 12.3. The molecule has 1 amide bonds. The minimum Gasteiger partial charge on any atom is -0.490 e. The van der Waals surface area contributed by atoms with Gasteiger partial charge in [0.2, 0.25) is 5.91 Å². The summed E-state index contributed by atoms with van der Waals surface area (Å²) < 4.78 is 5.61. The van der Waals surface area contributed by atoms with Crippen LogP contribution in [0.25, 0.3) is 0 Å². The number of nitrogens with zero attached hydrogens (tertiary/aromatic N) is 1. The minimum absolute atomic E-state index is 0.209. The molecule has 0 unspecified atom stereocenters. The lowest BCUT2D eigenvalue weighted by Gasteiger charge is -2.12. The molecule has 26 heavy (non-hydrogen) atoms. The molecule has 0 atom stereocenters. The summed E-state index contributed by atoms with van der Waals surface area (Å²) >= 11 is 12.4. The third kappa shape index (κ3) is 6.24. The maximum absolute atomic E-state index is 11.9. The molecular weight excluding hydrogens is 373 g/mol. The third-order valence-corrected chi connectivity index (χ3v) is 3.89. The Morgan fingerprint density at radius 3 is 2.42 bits per heavy atom. The first kappa shape index (κ1) is 20.1. The average molecular weight is 394 g/mol. The van der Waals surface area contributed by atoms with Gasteiger partial charge in [-0.1, -0.05) is 49.2 Å². The lowest BCUT2D eigenvalue weighted by Crippen LogP contribution is -2.19. The molecule has 2 aromatic rings. The molecular formula is C19H21Cl2N3O2. The second-order valence-corrected chi connectivity index (χ2v) is 7.04. The fraction of sp³-hybridized carbons (Fsp3) is 0.263. The Kier molecular flexibility index (Phi) is 7.30. The van der Waals surface area contributed by atoms with Gasteiger partial charge in [0.1, 0.15) is 0 Å². The number of nitrogens with two attached hydrogens (primary N) is 1. The van der Waals surface area contributed by atoms with Crippen molar-refractivity contribution in [2.24, 2.45) is 11.0 Å². The van der Waals surface area contributed by atoms with Crippen LogP contribution >= 0.6 is 23.2 Å². The Hall–Kier alpha value is -2.24. The summed E-state index contributed by atoms with van der Waals surface area (Å²) in [5.41, 5.74) is 10.2. The average Bonchev–Trinajstić information content (AvgIpc) is 2.56. The van der Waals surface area contributed by atoms with E-state index in [0.717, 1.165) is 5.56 Å². The van der Waals surface area contributed by atoms with Crippen LogP contribution in [0.15, 0.2) is 41.5 Å². The lowest BCUT2D eigenvalue weighted by atomic mass is 10.1. The van der Waals surface area contributed by atoms with Crippen LogP contribution in [0.4, 0.5) is 5.69 Å². The molecule has 2 aromatic carbocycles. The Bertz CT molecular complexity index is 767. The van der Waals surface area contributed by atoms with Crippen LogP contribution in [0.3, 0.4) is 0 Å². The van der Waals surface area contributed by atoms with E-state index >= 15 is 0 Å². The highest BCUT2D eigenvalue weighted by atomic mass is 35.5. The van der Waals surface area contributed by atoms with E-state index < -0.39 is 0 Å². The van der Waals surface area contributed by atoms with Gasteiger partial charge >= 0.3 is 0 Å². The third-order valence-electron chi connectivity index (χ3n) is 3.33. The normalized spacial score (nSPS) is 11.1. The van der Waals surface area contributed by atoms with E-state index in [1.165, 1.54) is 6.21 Å². The molecule has 3 N–H and O–H groups in total. The smallest absolute Gasteiger partial charge is 0.244 e. The summed E-state index contributed by atoms with van der Waals surface area (Å²) in [5, 5.41) is 4.73. The number of amides is 1. The van der Waals surface area contributed by atoms with Gasteiger partial charge < -0.3 is 10.5 Å². The van der Waals surface area contributed by atoms with Crippen molar-refractivity contribution in [1.29, 1.82) is 0 Å². The number of carbonyl (C=O) groups excluding carboxylic acids is 1. The van der Waals surface area contributed by atoms with E-state index in [0.29, 0.717) is 39.6 Å². The number of hydrogen-bond donors (Lipinski definition) is 2. The monoisotopic (exact) mass is 393 g/mol. The molecule has 0 aliphatic heterocycles. The Labute approximate surface area is 163 Å². The number of halogens is 2. The van der Waals surface area contributed by atoms with Crippen molar-refractivity contribution in [3.63, 3.8) is 0 Å². The second kappa shape index (κ2) is 9.46. The summed E-state index contributed by atoms with van der Waals surface area (Å²) in [6.45, 7) is 4.60. The van der Waals surface area contributed by atoms with Gasteiger partial charge in [-0.3, -0.25) is 4.79 Å². The van der Waals surface area contributed by atoms with Crippen molar-refractivity contribution >= 4 is 41.0 Å². The van der Waals surface area contributed by atoms with E-state index in [4.69, 9.17) is 33.7 Å². The topological polar surface area (TPSA) is 76.7 Å². The summed E-state index contributed by atoms with van der Waals surface area (Å²) in [6, 6.07) is 10.5. The Balaban J connectivity index is 1.95. The molecule has 0 aliphatic rings. The van der Waals surface area contributed by atoms with Gasteiger partial charge in [-0.25, -0.2) is 5.43 Å². The highest BCUT2D eigenvalue weighted by Gasteiger charge is 2.10. The van der Waals surface area contributed by atoms with Gasteiger partial charge in [0.25, 0.3) is 0 Å².